The summed E-state index contributed by atoms with van der Waals surface area (Å²) in [5.41, 5.74) is 1.24. The molecule has 1 aromatic rings. The van der Waals surface area contributed by atoms with Crippen LogP contribution in [0.1, 0.15) is 38.2 Å². The highest BCUT2D eigenvalue weighted by Gasteiger charge is 2.25. The van der Waals surface area contributed by atoms with Crippen molar-refractivity contribution in [3.05, 3.63) is 35.9 Å². The molecule has 2 heterocycles. The maximum atomic E-state index is 5.95. The molecule has 2 saturated heterocycles. The number of guanidine groups is 1. The number of benzene rings is 1. The van der Waals surface area contributed by atoms with Gasteiger partial charge in [-0.3, -0.25) is 4.99 Å². The van der Waals surface area contributed by atoms with E-state index in [2.05, 4.69) is 41.4 Å². The van der Waals surface area contributed by atoms with Crippen LogP contribution in [0.15, 0.2) is 35.3 Å². The summed E-state index contributed by atoms with van der Waals surface area (Å²) in [5, 5.41) is 3.44. The van der Waals surface area contributed by atoms with Gasteiger partial charge in [0.05, 0.1) is 25.9 Å². The number of hydrogen-bond acceptors (Lipinski definition) is 4. The van der Waals surface area contributed by atoms with Gasteiger partial charge in [-0.1, -0.05) is 30.3 Å². The molecule has 2 atom stereocenters. The van der Waals surface area contributed by atoms with Gasteiger partial charge >= 0.3 is 0 Å². The number of nitrogens with zero attached hydrogens (tertiary/aromatic N) is 2. The first kappa shape index (κ1) is 22.1. The van der Waals surface area contributed by atoms with Crippen LogP contribution < -0.4 is 5.32 Å². The largest absolute Gasteiger partial charge is 0.379 e. The van der Waals surface area contributed by atoms with Crippen LogP contribution in [0.3, 0.4) is 0 Å². The minimum atomic E-state index is 0.307. The van der Waals surface area contributed by atoms with Crippen LogP contribution in [-0.2, 0) is 20.8 Å². The summed E-state index contributed by atoms with van der Waals surface area (Å²) in [6.45, 7) is 9.71. The van der Waals surface area contributed by atoms with E-state index in [1.807, 2.05) is 6.07 Å². The van der Waals surface area contributed by atoms with Crippen molar-refractivity contribution >= 4 is 5.96 Å². The number of hydrogen-bond donors (Lipinski definition) is 1. The third-order valence-electron chi connectivity index (χ3n) is 5.42. The first-order valence-corrected chi connectivity index (χ1v) is 11.2. The van der Waals surface area contributed by atoms with Crippen LogP contribution in [0, 0.1) is 5.92 Å². The Bertz CT molecular complexity index is 590. The maximum Gasteiger partial charge on any atom is 0.193 e. The molecule has 0 bridgehead atoms. The number of likely N-dealkylation sites (tertiary alicyclic amines) is 1. The van der Waals surface area contributed by atoms with Gasteiger partial charge in [0, 0.05) is 45.3 Å². The van der Waals surface area contributed by atoms with Gasteiger partial charge in [-0.2, -0.15) is 0 Å². The third-order valence-corrected chi connectivity index (χ3v) is 5.42. The molecule has 0 radical (unpaired) electrons. The molecule has 29 heavy (non-hydrogen) atoms. The highest BCUT2D eigenvalue weighted by Crippen LogP contribution is 2.17. The van der Waals surface area contributed by atoms with E-state index in [9.17, 15) is 0 Å². The molecule has 2 fully saturated rings. The normalized spacial score (nSPS) is 22.4. The Kier molecular flexibility index (Phi) is 9.76. The lowest BCUT2D eigenvalue weighted by atomic mass is 10.1. The van der Waals surface area contributed by atoms with E-state index in [-0.39, 0.29) is 0 Å². The monoisotopic (exact) mass is 403 g/mol. The Hall–Kier alpha value is -1.63. The molecule has 0 amide bonds. The Labute approximate surface area is 175 Å². The second-order valence-corrected chi connectivity index (χ2v) is 7.90. The first-order chi connectivity index (χ1) is 14.3. The van der Waals surface area contributed by atoms with E-state index in [1.165, 1.54) is 12.0 Å². The van der Waals surface area contributed by atoms with Crippen LogP contribution in [0.25, 0.3) is 0 Å². The molecule has 2 aliphatic heterocycles. The second-order valence-electron chi connectivity index (χ2n) is 7.90. The van der Waals surface area contributed by atoms with Crippen molar-refractivity contribution < 1.29 is 14.2 Å². The summed E-state index contributed by atoms with van der Waals surface area (Å²) in [4.78, 5) is 7.17. The van der Waals surface area contributed by atoms with E-state index in [0.29, 0.717) is 18.6 Å². The zero-order chi connectivity index (χ0) is 20.2. The summed E-state index contributed by atoms with van der Waals surface area (Å²) in [6, 6.07) is 10.4. The van der Waals surface area contributed by atoms with Gasteiger partial charge in [-0.15, -0.1) is 0 Å². The molecule has 0 aromatic heterocycles. The maximum absolute atomic E-state index is 5.95. The predicted molar refractivity (Wildman–Crippen MR) is 116 cm³/mol. The third kappa shape index (κ3) is 7.96. The van der Waals surface area contributed by atoms with E-state index in [1.54, 1.807) is 0 Å². The Balaban J connectivity index is 1.32. The number of nitrogens with one attached hydrogen (secondary N) is 1. The quantitative estimate of drug-likeness (QED) is 0.350. The van der Waals surface area contributed by atoms with Crippen molar-refractivity contribution in [2.75, 3.05) is 52.6 Å². The lowest BCUT2D eigenvalue weighted by Crippen LogP contribution is -2.40. The van der Waals surface area contributed by atoms with Crippen molar-refractivity contribution in [1.29, 1.82) is 0 Å². The molecule has 2 aliphatic rings. The zero-order valence-corrected chi connectivity index (χ0v) is 17.9. The molecule has 6 nitrogen and oxygen atoms in total. The molecule has 3 rings (SSSR count). The van der Waals surface area contributed by atoms with Crippen LogP contribution in [0.4, 0.5) is 0 Å². The van der Waals surface area contributed by atoms with Gasteiger partial charge in [-0.05, 0) is 38.2 Å². The molecule has 2 unspecified atom stereocenters. The summed E-state index contributed by atoms with van der Waals surface area (Å²) in [7, 11) is 0. The molecule has 162 valence electrons. The van der Waals surface area contributed by atoms with Crippen LogP contribution in [0.2, 0.25) is 0 Å². The molecule has 1 N–H and O–H groups in total. The first-order valence-electron chi connectivity index (χ1n) is 11.2. The summed E-state index contributed by atoms with van der Waals surface area (Å²) >= 11 is 0. The Morgan fingerprint density at radius 1 is 1.21 bits per heavy atom. The van der Waals surface area contributed by atoms with Gasteiger partial charge in [0.1, 0.15) is 0 Å². The highest BCUT2D eigenvalue weighted by atomic mass is 16.5. The number of aliphatic imine (C=N–C) groups is 1. The minimum Gasteiger partial charge on any atom is -0.379 e. The molecule has 0 aliphatic carbocycles. The summed E-state index contributed by atoms with van der Waals surface area (Å²) in [6.07, 6.45) is 4.70. The smallest absolute Gasteiger partial charge is 0.193 e. The molecular formula is C23H37N3O3. The Morgan fingerprint density at radius 2 is 2.10 bits per heavy atom. The van der Waals surface area contributed by atoms with Crippen LogP contribution in [0.5, 0.6) is 0 Å². The van der Waals surface area contributed by atoms with Crippen molar-refractivity contribution in [1.82, 2.24) is 10.2 Å². The van der Waals surface area contributed by atoms with Gasteiger partial charge in [0.15, 0.2) is 5.96 Å². The molecular weight excluding hydrogens is 366 g/mol. The van der Waals surface area contributed by atoms with Crippen molar-refractivity contribution in [2.45, 2.75) is 45.3 Å². The fourth-order valence-corrected chi connectivity index (χ4v) is 3.85. The summed E-state index contributed by atoms with van der Waals surface area (Å²) in [5.74, 6) is 1.59. The van der Waals surface area contributed by atoms with Gasteiger partial charge in [0.2, 0.25) is 0 Å². The average Bonchev–Trinajstić information content (AvgIpc) is 3.43. The van der Waals surface area contributed by atoms with E-state index in [0.717, 1.165) is 77.8 Å². The lowest BCUT2D eigenvalue weighted by Gasteiger charge is -2.21. The summed E-state index contributed by atoms with van der Waals surface area (Å²) < 4.78 is 17.3. The van der Waals surface area contributed by atoms with Crippen LogP contribution in [-0.4, -0.2) is 69.6 Å². The second kappa shape index (κ2) is 12.8. The van der Waals surface area contributed by atoms with Crippen LogP contribution >= 0.6 is 0 Å². The Morgan fingerprint density at radius 3 is 2.90 bits per heavy atom. The van der Waals surface area contributed by atoms with Crippen molar-refractivity contribution in [2.24, 2.45) is 10.9 Å². The predicted octanol–water partition coefficient (Wildman–Crippen LogP) is 3.08. The zero-order valence-electron chi connectivity index (χ0n) is 17.9. The highest BCUT2D eigenvalue weighted by molar-refractivity contribution is 5.80. The van der Waals surface area contributed by atoms with Gasteiger partial charge in [-0.25, -0.2) is 0 Å². The fourth-order valence-electron chi connectivity index (χ4n) is 3.85. The molecule has 0 spiro atoms. The van der Waals surface area contributed by atoms with E-state index < -0.39 is 0 Å². The number of rotatable bonds is 11. The lowest BCUT2D eigenvalue weighted by molar-refractivity contribution is 0.0170. The standard InChI is InChI=1S/C23H37N3O3/c1-2-24-23(25-12-7-14-27-19-22-10-6-15-29-22)26-13-11-21(16-26)18-28-17-20-8-4-3-5-9-20/h3-5,8-9,21-22H,2,6-7,10-19H2,1H3,(H,24,25). The van der Waals surface area contributed by atoms with E-state index in [4.69, 9.17) is 19.2 Å². The molecule has 0 saturated carbocycles. The minimum absolute atomic E-state index is 0.307. The van der Waals surface area contributed by atoms with Gasteiger partial charge in [0.25, 0.3) is 0 Å². The van der Waals surface area contributed by atoms with Gasteiger partial charge < -0.3 is 24.4 Å². The fraction of sp³-hybridized carbons (Fsp3) is 0.696. The van der Waals surface area contributed by atoms with Crippen molar-refractivity contribution in [3.8, 4) is 0 Å². The van der Waals surface area contributed by atoms with Crippen molar-refractivity contribution in [3.63, 3.8) is 0 Å². The SMILES string of the molecule is CCNC(=NCCCOCC1CCCO1)N1CCC(COCc2ccccc2)C1. The van der Waals surface area contributed by atoms with E-state index >= 15 is 0 Å². The topological polar surface area (TPSA) is 55.3 Å². The molecule has 6 heteroatoms. The molecule has 1 aromatic carbocycles. The average molecular weight is 404 g/mol. The number of ether oxygens (including phenoxy) is 3.